The van der Waals surface area contributed by atoms with Gasteiger partial charge in [0.2, 0.25) is 0 Å². The molecule has 4 nitrogen and oxygen atoms in total. The van der Waals surface area contributed by atoms with Gasteiger partial charge in [0.15, 0.2) is 0 Å². The number of halogens is 1. The first-order valence-corrected chi connectivity index (χ1v) is 6.63. The molecule has 1 atom stereocenters. The van der Waals surface area contributed by atoms with E-state index in [1.807, 2.05) is 0 Å². The Kier molecular flexibility index (Phi) is 4.43. The van der Waals surface area contributed by atoms with Gasteiger partial charge in [-0.15, -0.1) is 0 Å². The highest BCUT2D eigenvalue weighted by atomic mass is 35.5. The summed E-state index contributed by atoms with van der Waals surface area (Å²) in [6, 6.07) is 6.16. The molecule has 0 heterocycles. The van der Waals surface area contributed by atoms with Crippen molar-refractivity contribution in [2.45, 2.75) is 25.3 Å². The van der Waals surface area contributed by atoms with Gasteiger partial charge >= 0.3 is 5.97 Å². The minimum Gasteiger partial charge on any atom is -0.467 e. The van der Waals surface area contributed by atoms with Gasteiger partial charge < -0.3 is 10.1 Å². The molecule has 2 rings (SSSR count). The third-order valence-corrected chi connectivity index (χ3v) is 3.51. The van der Waals surface area contributed by atoms with Gasteiger partial charge in [0.1, 0.15) is 6.04 Å². The van der Waals surface area contributed by atoms with Crippen molar-refractivity contribution < 1.29 is 14.3 Å². The normalized spacial score (nSPS) is 15.7. The van der Waals surface area contributed by atoms with Gasteiger partial charge in [0, 0.05) is 0 Å². The van der Waals surface area contributed by atoms with Crippen LogP contribution in [0.3, 0.4) is 0 Å². The predicted molar refractivity (Wildman–Crippen MR) is 72.1 cm³/mol. The van der Waals surface area contributed by atoms with E-state index in [0.717, 1.165) is 12.8 Å². The first-order chi connectivity index (χ1) is 9.11. The molecule has 5 heteroatoms. The van der Waals surface area contributed by atoms with Crippen LogP contribution < -0.4 is 5.32 Å². The Balaban J connectivity index is 2.05. The molecule has 1 aromatic rings. The number of benzene rings is 1. The number of carbonyl (C=O) groups excluding carboxylic acids is 2. The number of carbonyl (C=O) groups is 2. The van der Waals surface area contributed by atoms with Crippen LogP contribution in [0.25, 0.3) is 0 Å². The lowest BCUT2D eigenvalue weighted by Crippen LogP contribution is -2.42. The van der Waals surface area contributed by atoms with Gasteiger partial charge in [0.05, 0.1) is 17.7 Å². The topological polar surface area (TPSA) is 55.4 Å². The van der Waals surface area contributed by atoms with Crippen LogP contribution in [0, 0.1) is 5.92 Å². The van der Waals surface area contributed by atoms with Crippen LogP contribution in [0.4, 0.5) is 0 Å². The lowest BCUT2D eigenvalue weighted by molar-refractivity contribution is -0.143. The average Bonchev–Trinajstić information content (AvgIpc) is 3.21. The molecule has 1 aromatic carbocycles. The average molecular weight is 282 g/mol. The van der Waals surface area contributed by atoms with Crippen LogP contribution in [-0.2, 0) is 9.53 Å². The first-order valence-electron chi connectivity index (χ1n) is 6.25. The molecule has 0 spiro atoms. The lowest BCUT2D eigenvalue weighted by atomic mass is 10.1. The van der Waals surface area contributed by atoms with Crippen LogP contribution >= 0.6 is 11.6 Å². The van der Waals surface area contributed by atoms with Crippen LogP contribution in [-0.4, -0.2) is 25.0 Å². The lowest BCUT2D eigenvalue weighted by Gasteiger charge is -2.16. The molecule has 1 aliphatic carbocycles. The number of methoxy groups -OCH3 is 1. The monoisotopic (exact) mass is 281 g/mol. The molecular weight excluding hydrogens is 266 g/mol. The zero-order valence-electron chi connectivity index (χ0n) is 10.7. The first kappa shape index (κ1) is 13.9. The van der Waals surface area contributed by atoms with E-state index in [-0.39, 0.29) is 5.91 Å². The van der Waals surface area contributed by atoms with E-state index in [4.69, 9.17) is 16.3 Å². The maximum absolute atomic E-state index is 12.1. The van der Waals surface area contributed by atoms with E-state index in [0.29, 0.717) is 22.9 Å². The molecule has 1 fully saturated rings. The number of hydrogen-bond acceptors (Lipinski definition) is 3. The SMILES string of the molecule is COC(=O)[C@H](CC1CC1)NC(=O)c1ccccc1Cl. The molecule has 0 unspecified atom stereocenters. The van der Waals surface area contributed by atoms with Crippen LogP contribution in [0.5, 0.6) is 0 Å². The summed E-state index contributed by atoms with van der Waals surface area (Å²) >= 11 is 5.96. The van der Waals surface area contributed by atoms with Gasteiger partial charge in [-0.1, -0.05) is 36.6 Å². The van der Waals surface area contributed by atoms with E-state index < -0.39 is 12.0 Å². The third-order valence-electron chi connectivity index (χ3n) is 3.18. The van der Waals surface area contributed by atoms with E-state index >= 15 is 0 Å². The van der Waals surface area contributed by atoms with Crippen LogP contribution in [0.15, 0.2) is 24.3 Å². The maximum atomic E-state index is 12.1. The van der Waals surface area contributed by atoms with E-state index in [2.05, 4.69) is 5.32 Å². The molecule has 0 saturated heterocycles. The van der Waals surface area contributed by atoms with Crippen molar-refractivity contribution in [2.75, 3.05) is 7.11 Å². The summed E-state index contributed by atoms with van der Waals surface area (Å²) in [5.74, 6) is -0.246. The summed E-state index contributed by atoms with van der Waals surface area (Å²) in [5, 5.41) is 3.07. The molecule has 19 heavy (non-hydrogen) atoms. The molecule has 1 aliphatic rings. The van der Waals surface area contributed by atoms with Gasteiger partial charge in [-0.2, -0.15) is 0 Å². The van der Waals surface area contributed by atoms with E-state index in [1.54, 1.807) is 24.3 Å². The Morgan fingerprint density at radius 1 is 1.42 bits per heavy atom. The molecule has 1 N–H and O–H groups in total. The standard InChI is InChI=1S/C14H16ClNO3/c1-19-14(18)12(8-9-6-7-9)16-13(17)10-4-2-3-5-11(10)15/h2-5,9,12H,6-8H2,1H3,(H,16,17)/t12-/m0/s1. The summed E-state index contributed by atoms with van der Waals surface area (Å²) in [6.45, 7) is 0. The Bertz CT molecular complexity index is 485. The number of nitrogens with one attached hydrogen (secondary N) is 1. The Labute approximate surface area is 117 Å². The highest BCUT2D eigenvalue weighted by Gasteiger charge is 2.31. The fourth-order valence-corrected chi connectivity index (χ4v) is 2.15. The maximum Gasteiger partial charge on any atom is 0.328 e. The number of rotatable bonds is 5. The zero-order valence-corrected chi connectivity index (χ0v) is 11.4. The molecule has 1 amide bonds. The fourth-order valence-electron chi connectivity index (χ4n) is 1.92. The predicted octanol–water partition coefficient (Wildman–Crippen LogP) is 2.41. The van der Waals surface area contributed by atoms with Gasteiger partial charge in [0.25, 0.3) is 5.91 Å². The van der Waals surface area contributed by atoms with Crippen molar-refractivity contribution in [1.82, 2.24) is 5.32 Å². The van der Waals surface area contributed by atoms with Crippen molar-refractivity contribution in [1.29, 1.82) is 0 Å². The molecule has 0 aliphatic heterocycles. The summed E-state index contributed by atoms with van der Waals surface area (Å²) in [5.41, 5.74) is 0.369. The number of hydrogen-bond donors (Lipinski definition) is 1. The van der Waals surface area contributed by atoms with Crippen molar-refractivity contribution in [3.05, 3.63) is 34.9 Å². The Morgan fingerprint density at radius 3 is 2.68 bits per heavy atom. The third kappa shape index (κ3) is 3.70. The molecular formula is C14H16ClNO3. The zero-order chi connectivity index (χ0) is 13.8. The number of esters is 1. The second-order valence-electron chi connectivity index (χ2n) is 4.71. The van der Waals surface area contributed by atoms with E-state index in [9.17, 15) is 9.59 Å². The number of ether oxygens (including phenoxy) is 1. The summed E-state index contributed by atoms with van der Waals surface area (Å²) in [4.78, 5) is 23.8. The van der Waals surface area contributed by atoms with Gasteiger partial charge in [-0.25, -0.2) is 4.79 Å². The molecule has 0 aromatic heterocycles. The molecule has 0 radical (unpaired) electrons. The molecule has 102 valence electrons. The second kappa shape index (κ2) is 6.06. The van der Waals surface area contributed by atoms with Crippen molar-refractivity contribution in [3.63, 3.8) is 0 Å². The van der Waals surface area contributed by atoms with Crippen LogP contribution in [0.1, 0.15) is 29.6 Å². The molecule has 1 saturated carbocycles. The fraction of sp³-hybridized carbons (Fsp3) is 0.429. The minimum absolute atomic E-state index is 0.346. The highest BCUT2D eigenvalue weighted by molar-refractivity contribution is 6.33. The van der Waals surface area contributed by atoms with Crippen molar-refractivity contribution >= 4 is 23.5 Å². The molecule has 0 bridgehead atoms. The van der Waals surface area contributed by atoms with E-state index in [1.165, 1.54) is 7.11 Å². The summed E-state index contributed by atoms with van der Waals surface area (Å²) < 4.78 is 4.72. The Hall–Kier alpha value is -1.55. The largest absolute Gasteiger partial charge is 0.467 e. The highest BCUT2D eigenvalue weighted by Crippen LogP contribution is 2.33. The van der Waals surface area contributed by atoms with Crippen LogP contribution in [0.2, 0.25) is 5.02 Å². The van der Waals surface area contributed by atoms with Gasteiger partial charge in [-0.3, -0.25) is 4.79 Å². The second-order valence-corrected chi connectivity index (χ2v) is 5.12. The summed E-state index contributed by atoms with van der Waals surface area (Å²) in [7, 11) is 1.32. The smallest absolute Gasteiger partial charge is 0.328 e. The minimum atomic E-state index is -0.596. The van der Waals surface area contributed by atoms with Gasteiger partial charge in [-0.05, 0) is 24.5 Å². The quantitative estimate of drug-likeness (QED) is 0.843. The van der Waals surface area contributed by atoms with Crippen molar-refractivity contribution in [2.24, 2.45) is 5.92 Å². The van der Waals surface area contributed by atoms with Crippen molar-refractivity contribution in [3.8, 4) is 0 Å². The Morgan fingerprint density at radius 2 is 2.11 bits per heavy atom. The number of amides is 1. The summed E-state index contributed by atoms with van der Waals surface area (Å²) in [6.07, 6.45) is 2.84.